The lowest BCUT2D eigenvalue weighted by Crippen LogP contribution is -2.13. The lowest BCUT2D eigenvalue weighted by Gasteiger charge is -2.10. The summed E-state index contributed by atoms with van der Waals surface area (Å²) < 4.78 is 28.6. The summed E-state index contributed by atoms with van der Waals surface area (Å²) >= 11 is 5.84. The van der Waals surface area contributed by atoms with E-state index >= 15 is 0 Å². The number of terminal acetylenes is 1. The Morgan fingerprint density at radius 1 is 1.35 bits per heavy atom. The summed E-state index contributed by atoms with van der Waals surface area (Å²) in [6, 6.07) is 5.89. The average Bonchev–Trinajstić information content (AvgIpc) is 2.37. The quantitative estimate of drug-likeness (QED) is 0.531. The normalized spacial score (nSPS) is 11.2. The van der Waals surface area contributed by atoms with Crippen molar-refractivity contribution in [2.75, 3.05) is 6.61 Å². The highest BCUT2D eigenvalue weighted by Gasteiger charge is 2.16. The number of aromatic nitrogens is 1. The topological polar surface area (TPSA) is 82.3 Å². The van der Waals surface area contributed by atoms with Gasteiger partial charge in [-0.15, -0.1) is 12.3 Å². The van der Waals surface area contributed by atoms with Crippen LogP contribution in [0.25, 0.3) is 10.9 Å². The molecule has 2 N–H and O–H groups in total. The van der Waals surface area contributed by atoms with Gasteiger partial charge in [0.15, 0.2) is 0 Å². The molecule has 0 amide bonds. The van der Waals surface area contributed by atoms with Gasteiger partial charge in [0, 0.05) is 11.8 Å². The third-order valence-electron chi connectivity index (χ3n) is 2.56. The smallest absolute Gasteiger partial charge is 0.238 e. The molecule has 2 rings (SSSR count). The zero-order chi connectivity index (χ0) is 14.8. The summed E-state index contributed by atoms with van der Waals surface area (Å²) in [6.45, 7) is 0.300. The molecule has 1 aromatic heterocycles. The molecule has 0 aliphatic carbocycles. The average molecular weight is 311 g/mol. The zero-order valence-electron chi connectivity index (χ0n) is 10.3. The van der Waals surface area contributed by atoms with Crippen molar-refractivity contribution < 1.29 is 13.2 Å². The summed E-state index contributed by atoms with van der Waals surface area (Å²) in [4.78, 5) is 4.07. The maximum Gasteiger partial charge on any atom is 0.238 e. The monoisotopic (exact) mass is 310 g/mol. The Bertz CT molecular complexity index is 797. The molecule has 0 fully saturated rings. The molecule has 5 nitrogen and oxygen atoms in total. The summed E-state index contributed by atoms with van der Waals surface area (Å²) in [5.74, 6) is 2.85. The van der Waals surface area contributed by atoms with Crippen molar-refractivity contribution in [1.29, 1.82) is 0 Å². The minimum absolute atomic E-state index is 0.0269. The number of nitrogens with two attached hydrogens (primary N) is 1. The fourth-order valence-corrected chi connectivity index (χ4v) is 2.60. The second-order valence-corrected chi connectivity index (χ2v) is 5.86. The van der Waals surface area contributed by atoms with Gasteiger partial charge in [0.05, 0.1) is 11.5 Å². The van der Waals surface area contributed by atoms with Gasteiger partial charge in [0.25, 0.3) is 0 Å². The largest absolute Gasteiger partial charge is 0.490 e. The zero-order valence-corrected chi connectivity index (χ0v) is 11.9. The molecule has 0 saturated carbocycles. The van der Waals surface area contributed by atoms with Gasteiger partial charge < -0.3 is 4.74 Å². The predicted molar refractivity (Wildman–Crippen MR) is 77.1 cm³/mol. The maximum absolute atomic E-state index is 11.6. The first-order chi connectivity index (χ1) is 9.43. The molecule has 20 heavy (non-hydrogen) atoms. The SMILES string of the molecule is C#CCCOc1ccc(S(N)(=O)=O)c2ccc(Cl)nc12. The Labute approximate surface area is 121 Å². The van der Waals surface area contributed by atoms with Gasteiger partial charge in [-0.05, 0) is 24.3 Å². The molecular formula is C13H11ClN2O3S. The van der Waals surface area contributed by atoms with Crippen molar-refractivity contribution >= 4 is 32.5 Å². The number of ether oxygens (including phenoxy) is 1. The molecular weight excluding hydrogens is 300 g/mol. The molecule has 0 atom stereocenters. The van der Waals surface area contributed by atoms with Crippen LogP contribution >= 0.6 is 11.6 Å². The minimum atomic E-state index is -3.86. The Kier molecular flexibility index (Phi) is 4.14. The number of rotatable bonds is 4. The van der Waals surface area contributed by atoms with Crippen molar-refractivity contribution in [1.82, 2.24) is 4.98 Å². The highest BCUT2D eigenvalue weighted by Crippen LogP contribution is 2.30. The number of sulfonamides is 1. The predicted octanol–water partition coefficient (Wildman–Crippen LogP) is 1.94. The van der Waals surface area contributed by atoms with Crippen LogP contribution in [-0.2, 0) is 10.0 Å². The van der Waals surface area contributed by atoms with Crippen LogP contribution in [0.1, 0.15) is 6.42 Å². The van der Waals surface area contributed by atoms with Gasteiger partial charge in [-0.25, -0.2) is 18.5 Å². The van der Waals surface area contributed by atoms with Gasteiger partial charge in [-0.3, -0.25) is 0 Å². The third-order valence-corrected chi connectivity index (χ3v) is 3.74. The highest BCUT2D eigenvalue weighted by atomic mass is 35.5. The van der Waals surface area contributed by atoms with E-state index in [4.69, 9.17) is 27.9 Å². The number of pyridine rings is 1. The van der Waals surface area contributed by atoms with E-state index in [0.29, 0.717) is 29.7 Å². The summed E-state index contributed by atoms with van der Waals surface area (Å²) in [5, 5.41) is 5.76. The van der Waals surface area contributed by atoms with Crippen molar-refractivity contribution in [3.63, 3.8) is 0 Å². The van der Waals surface area contributed by atoms with Crippen molar-refractivity contribution in [3.05, 3.63) is 29.4 Å². The minimum Gasteiger partial charge on any atom is -0.490 e. The van der Waals surface area contributed by atoms with Gasteiger partial charge >= 0.3 is 0 Å². The van der Waals surface area contributed by atoms with Crippen LogP contribution in [0.4, 0.5) is 0 Å². The van der Waals surface area contributed by atoms with Crippen LogP contribution < -0.4 is 9.88 Å². The van der Waals surface area contributed by atoms with E-state index in [1.807, 2.05) is 0 Å². The Balaban J connectivity index is 2.62. The number of halogens is 1. The Morgan fingerprint density at radius 2 is 2.10 bits per heavy atom. The van der Waals surface area contributed by atoms with Crippen molar-refractivity contribution in [2.24, 2.45) is 5.14 Å². The molecule has 0 spiro atoms. The fraction of sp³-hybridized carbons (Fsp3) is 0.154. The number of hydrogen-bond acceptors (Lipinski definition) is 4. The number of primary sulfonamides is 1. The number of fused-ring (bicyclic) bond motifs is 1. The first-order valence-electron chi connectivity index (χ1n) is 5.62. The van der Waals surface area contributed by atoms with Crippen LogP contribution in [0.5, 0.6) is 5.75 Å². The van der Waals surface area contributed by atoms with Crippen LogP contribution in [0.2, 0.25) is 5.15 Å². The van der Waals surface area contributed by atoms with Crippen molar-refractivity contribution in [3.8, 4) is 18.1 Å². The van der Waals surface area contributed by atoms with E-state index < -0.39 is 10.0 Å². The van der Waals surface area contributed by atoms with Gasteiger partial charge in [0.1, 0.15) is 16.4 Å². The number of nitrogens with zero attached hydrogens (tertiary/aromatic N) is 1. The van der Waals surface area contributed by atoms with E-state index in [1.54, 1.807) is 6.07 Å². The number of benzene rings is 1. The lowest BCUT2D eigenvalue weighted by atomic mass is 10.2. The second kappa shape index (κ2) is 5.67. The van der Waals surface area contributed by atoms with Gasteiger partial charge in [-0.1, -0.05) is 11.6 Å². The van der Waals surface area contributed by atoms with Gasteiger partial charge in [0.2, 0.25) is 10.0 Å². The fourth-order valence-electron chi connectivity index (χ4n) is 1.73. The molecule has 0 radical (unpaired) electrons. The molecule has 2 aromatic rings. The molecule has 1 aromatic carbocycles. The third kappa shape index (κ3) is 3.02. The molecule has 0 bridgehead atoms. The van der Waals surface area contributed by atoms with E-state index in [0.717, 1.165) is 0 Å². The standard InChI is InChI=1S/C13H11ClN2O3S/c1-2-3-8-19-10-5-6-11(20(15,17)18)9-4-7-12(14)16-13(9)10/h1,4-7H,3,8H2,(H2,15,17,18). The van der Waals surface area contributed by atoms with E-state index in [2.05, 4.69) is 10.9 Å². The summed E-state index contributed by atoms with van der Waals surface area (Å²) in [6.07, 6.45) is 5.58. The summed E-state index contributed by atoms with van der Waals surface area (Å²) in [7, 11) is -3.86. The van der Waals surface area contributed by atoms with E-state index in [9.17, 15) is 8.42 Å². The van der Waals surface area contributed by atoms with Crippen LogP contribution in [0.15, 0.2) is 29.2 Å². The Hall–Kier alpha value is -1.81. The molecule has 0 saturated heterocycles. The lowest BCUT2D eigenvalue weighted by molar-refractivity contribution is 0.330. The second-order valence-electron chi connectivity index (χ2n) is 3.94. The van der Waals surface area contributed by atoms with E-state index in [1.165, 1.54) is 18.2 Å². The van der Waals surface area contributed by atoms with Gasteiger partial charge in [-0.2, -0.15) is 0 Å². The van der Waals surface area contributed by atoms with Crippen LogP contribution in [-0.4, -0.2) is 20.0 Å². The van der Waals surface area contributed by atoms with E-state index in [-0.39, 0.29) is 10.0 Å². The van der Waals surface area contributed by atoms with Crippen LogP contribution in [0, 0.1) is 12.3 Å². The molecule has 104 valence electrons. The molecule has 0 unspecified atom stereocenters. The molecule has 7 heteroatoms. The molecule has 1 heterocycles. The highest BCUT2D eigenvalue weighted by molar-refractivity contribution is 7.89. The van der Waals surface area contributed by atoms with Crippen molar-refractivity contribution in [2.45, 2.75) is 11.3 Å². The van der Waals surface area contributed by atoms with Crippen LogP contribution in [0.3, 0.4) is 0 Å². The summed E-state index contributed by atoms with van der Waals surface area (Å²) in [5.41, 5.74) is 0.334. The number of hydrogen-bond donors (Lipinski definition) is 1. The first kappa shape index (κ1) is 14.6. The first-order valence-corrected chi connectivity index (χ1v) is 7.54. The molecule has 0 aliphatic rings. The Morgan fingerprint density at radius 3 is 2.75 bits per heavy atom. The molecule has 0 aliphatic heterocycles. The maximum atomic E-state index is 11.6.